The Hall–Kier alpha value is -0.820. The first kappa shape index (κ1) is 18.2. The van der Waals surface area contributed by atoms with Crippen molar-refractivity contribution in [2.75, 3.05) is 37.8 Å². The topological polar surface area (TPSA) is 79.8 Å². The van der Waals surface area contributed by atoms with E-state index in [0.29, 0.717) is 18.9 Å². The summed E-state index contributed by atoms with van der Waals surface area (Å²) in [6.45, 7) is 7.13. The number of rotatable bonds is 9. The monoisotopic (exact) mass is 319 g/mol. The van der Waals surface area contributed by atoms with Crippen molar-refractivity contribution < 1.29 is 13.2 Å². The number of sulfone groups is 1. The summed E-state index contributed by atoms with van der Waals surface area (Å²) in [6.07, 6.45) is 3.79. The highest BCUT2D eigenvalue weighted by atomic mass is 32.2. The average Bonchev–Trinajstić information content (AvgIpc) is 2.77. The Morgan fingerprint density at radius 1 is 1.29 bits per heavy atom. The van der Waals surface area contributed by atoms with Gasteiger partial charge in [0.1, 0.15) is 0 Å². The van der Waals surface area contributed by atoms with Crippen molar-refractivity contribution in [3.8, 4) is 0 Å². The second-order valence-corrected chi connectivity index (χ2v) is 7.55. The summed E-state index contributed by atoms with van der Waals surface area (Å²) in [7, 11) is -2.86. The first-order valence-electron chi connectivity index (χ1n) is 7.90. The van der Waals surface area contributed by atoms with E-state index < -0.39 is 9.84 Å². The fourth-order valence-electron chi connectivity index (χ4n) is 2.13. The molecule has 1 aliphatic heterocycles. The van der Waals surface area contributed by atoms with Crippen molar-refractivity contribution >= 4 is 15.8 Å². The van der Waals surface area contributed by atoms with Crippen LogP contribution in [-0.4, -0.2) is 58.2 Å². The van der Waals surface area contributed by atoms with Gasteiger partial charge in [-0.05, 0) is 26.2 Å². The lowest BCUT2D eigenvalue weighted by atomic mass is 10.3. The van der Waals surface area contributed by atoms with Gasteiger partial charge in [-0.1, -0.05) is 13.3 Å². The van der Waals surface area contributed by atoms with Gasteiger partial charge in [0.2, 0.25) is 0 Å². The highest BCUT2D eigenvalue weighted by molar-refractivity contribution is 7.91. The zero-order valence-corrected chi connectivity index (χ0v) is 14.0. The Morgan fingerprint density at radius 2 is 2.05 bits per heavy atom. The van der Waals surface area contributed by atoms with E-state index >= 15 is 0 Å². The van der Waals surface area contributed by atoms with Crippen LogP contribution in [0.1, 0.15) is 39.5 Å². The number of nitrogens with zero attached hydrogens (tertiary/aromatic N) is 1. The lowest BCUT2D eigenvalue weighted by molar-refractivity contribution is 0.130. The summed E-state index contributed by atoms with van der Waals surface area (Å²) < 4.78 is 28.4. The summed E-state index contributed by atoms with van der Waals surface area (Å²) in [6, 6.07) is -0.0198. The smallest absolute Gasteiger partial charge is 0.191 e. The fraction of sp³-hybridized carbons (Fsp3) is 0.929. The number of hydrogen-bond acceptors (Lipinski definition) is 4. The zero-order valence-electron chi connectivity index (χ0n) is 13.2. The molecule has 1 saturated heterocycles. The molecule has 0 amide bonds. The van der Waals surface area contributed by atoms with Gasteiger partial charge < -0.3 is 15.4 Å². The molecule has 0 bridgehead atoms. The van der Waals surface area contributed by atoms with Crippen molar-refractivity contribution in [1.82, 2.24) is 10.6 Å². The Bertz CT molecular complexity index is 410. The molecule has 7 heteroatoms. The normalized spacial score (nSPS) is 21.4. The molecule has 0 saturated carbocycles. The third kappa shape index (κ3) is 8.26. The van der Waals surface area contributed by atoms with Crippen LogP contribution in [0.5, 0.6) is 0 Å². The lowest BCUT2D eigenvalue weighted by Gasteiger charge is -2.15. The Balaban J connectivity index is 2.26. The maximum absolute atomic E-state index is 11.4. The van der Waals surface area contributed by atoms with Gasteiger partial charge in [-0.15, -0.1) is 0 Å². The fourth-order valence-corrected chi connectivity index (χ4v) is 3.80. The molecular formula is C14H29N3O3S. The second-order valence-electron chi connectivity index (χ2n) is 5.32. The summed E-state index contributed by atoms with van der Waals surface area (Å²) in [5, 5.41) is 6.35. The molecule has 1 unspecified atom stereocenters. The van der Waals surface area contributed by atoms with Crippen LogP contribution in [0, 0.1) is 0 Å². The lowest BCUT2D eigenvalue weighted by Crippen LogP contribution is -2.44. The SMILES string of the molecule is CCCCOCCCN=C(NCC)NC1CCS(=O)(=O)C1. The van der Waals surface area contributed by atoms with Crippen LogP contribution in [-0.2, 0) is 14.6 Å². The largest absolute Gasteiger partial charge is 0.381 e. The van der Waals surface area contributed by atoms with E-state index in [9.17, 15) is 8.42 Å². The maximum atomic E-state index is 11.4. The maximum Gasteiger partial charge on any atom is 0.191 e. The summed E-state index contributed by atoms with van der Waals surface area (Å²) in [5.41, 5.74) is 0. The van der Waals surface area contributed by atoms with E-state index in [1.807, 2.05) is 6.92 Å². The molecule has 2 N–H and O–H groups in total. The first-order chi connectivity index (χ1) is 10.1. The quantitative estimate of drug-likeness (QED) is 0.375. The first-order valence-corrected chi connectivity index (χ1v) is 9.72. The van der Waals surface area contributed by atoms with E-state index in [1.165, 1.54) is 0 Å². The van der Waals surface area contributed by atoms with E-state index in [0.717, 1.165) is 39.0 Å². The highest BCUT2D eigenvalue weighted by Crippen LogP contribution is 2.10. The Labute approximate surface area is 128 Å². The molecule has 0 aromatic carbocycles. The standard InChI is InChI=1S/C14H29N3O3S/c1-3-5-9-20-10-6-8-16-14(15-4-2)17-13-7-11-21(18,19)12-13/h13H,3-12H2,1-2H3,(H2,15,16,17). The Morgan fingerprint density at radius 3 is 2.67 bits per heavy atom. The third-order valence-electron chi connectivity index (χ3n) is 3.28. The van der Waals surface area contributed by atoms with Crippen molar-refractivity contribution in [3.05, 3.63) is 0 Å². The van der Waals surface area contributed by atoms with E-state index in [4.69, 9.17) is 4.74 Å². The molecule has 21 heavy (non-hydrogen) atoms. The van der Waals surface area contributed by atoms with E-state index in [2.05, 4.69) is 22.5 Å². The van der Waals surface area contributed by atoms with Crippen molar-refractivity contribution in [2.45, 2.75) is 45.6 Å². The molecular weight excluding hydrogens is 290 g/mol. The molecule has 1 atom stereocenters. The van der Waals surface area contributed by atoms with Crippen LogP contribution in [0.3, 0.4) is 0 Å². The second kappa shape index (κ2) is 10.00. The van der Waals surface area contributed by atoms with Gasteiger partial charge in [0.05, 0.1) is 11.5 Å². The van der Waals surface area contributed by atoms with Crippen molar-refractivity contribution in [3.63, 3.8) is 0 Å². The van der Waals surface area contributed by atoms with Crippen LogP contribution in [0.4, 0.5) is 0 Å². The van der Waals surface area contributed by atoms with Gasteiger partial charge in [0.25, 0.3) is 0 Å². The van der Waals surface area contributed by atoms with Crippen LogP contribution in [0.25, 0.3) is 0 Å². The molecule has 1 fully saturated rings. The van der Waals surface area contributed by atoms with Crippen LogP contribution in [0.15, 0.2) is 4.99 Å². The molecule has 0 radical (unpaired) electrons. The summed E-state index contributed by atoms with van der Waals surface area (Å²) >= 11 is 0. The minimum atomic E-state index is -2.86. The summed E-state index contributed by atoms with van der Waals surface area (Å²) in [5.74, 6) is 1.18. The number of aliphatic imine (C=N–C) groups is 1. The zero-order chi connectivity index (χ0) is 15.6. The van der Waals surface area contributed by atoms with Gasteiger partial charge >= 0.3 is 0 Å². The minimum Gasteiger partial charge on any atom is -0.381 e. The van der Waals surface area contributed by atoms with Crippen molar-refractivity contribution in [2.24, 2.45) is 4.99 Å². The predicted octanol–water partition coefficient (Wildman–Crippen LogP) is 0.935. The molecule has 1 rings (SSSR count). The van der Waals surface area contributed by atoms with Crippen molar-refractivity contribution in [1.29, 1.82) is 0 Å². The summed E-state index contributed by atoms with van der Waals surface area (Å²) in [4.78, 5) is 4.46. The van der Waals surface area contributed by atoms with E-state index in [1.54, 1.807) is 0 Å². The van der Waals surface area contributed by atoms with Crippen LogP contribution in [0.2, 0.25) is 0 Å². The van der Waals surface area contributed by atoms with Crippen LogP contribution >= 0.6 is 0 Å². The highest BCUT2D eigenvalue weighted by Gasteiger charge is 2.28. The van der Waals surface area contributed by atoms with Gasteiger partial charge in [-0.25, -0.2) is 8.42 Å². The average molecular weight is 319 g/mol. The third-order valence-corrected chi connectivity index (χ3v) is 5.04. The van der Waals surface area contributed by atoms with Gasteiger partial charge in [-0.2, -0.15) is 0 Å². The van der Waals surface area contributed by atoms with Gasteiger partial charge in [0.15, 0.2) is 15.8 Å². The Kier molecular flexibility index (Phi) is 8.68. The van der Waals surface area contributed by atoms with Gasteiger partial charge in [-0.3, -0.25) is 4.99 Å². The molecule has 0 aromatic heterocycles. The predicted molar refractivity (Wildman–Crippen MR) is 86.5 cm³/mol. The van der Waals surface area contributed by atoms with Gasteiger partial charge in [0, 0.05) is 32.3 Å². The number of hydrogen-bond donors (Lipinski definition) is 2. The molecule has 1 heterocycles. The minimum absolute atomic E-state index is 0.0198. The molecule has 6 nitrogen and oxygen atoms in total. The molecule has 1 aliphatic rings. The number of unbranched alkanes of at least 4 members (excludes halogenated alkanes) is 1. The molecule has 124 valence electrons. The molecule has 0 aliphatic carbocycles. The number of ether oxygens (including phenoxy) is 1. The molecule has 0 aromatic rings. The number of guanidine groups is 1. The molecule has 0 spiro atoms. The number of nitrogens with one attached hydrogen (secondary N) is 2. The van der Waals surface area contributed by atoms with Crippen LogP contribution < -0.4 is 10.6 Å². The van der Waals surface area contributed by atoms with E-state index in [-0.39, 0.29) is 17.5 Å².